The highest BCUT2D eigenvalue weighted by Gasteiger charge is 2.10. The van der Waals surface area contributed by atoms with E-state index in [2.05, 4.69) is 26.0 Å². The zero-order chi connectivity index (χ0) is 16.7. The third-order valence-corrected chi connectivity index (χ3v) is 3.78. The van der Waals surface area contributed by atoms with Crippen LogP contribution in [-0.4, -0.2) is 13.7 Å². The van der Waals surface area contributed by atoms with Gasteiger partial charge in [0.15, 0.2) is 0 Å². The van der Waals surface area contributed by atoms with E-state index in [4.69, 9.17) is 4.74 Å². The Morgan fingerprint density at radius 2 is 1.74 bits per heavy atom. The average Bonchev–Trinajstić information content (AvgIpc) is 2.51. The van der Waals surface area contributed by atoms with Crippen molar-refractivity contribution in [1.82, 2.24) is 5.32 Å². The van der Waals surface area contributed by atoms with Crippen LogP contribution < -0.4 is 10.1 Å². The standard InChI is InChI=1S/C17H18BrF2NO2/c1-22-11-13-5-3-2-4-12(13)9-21-10-14-8-15(18)6-7-16(14)23-17(19)20/h2-8,17,21H,9-11H2,1H3. The second-order valence-corrected chi connectivity index (χ2v) is 5.85. The molecule has 0 heterocycles. The van der Waals surface area contributed by atoms with E-state index in [-0.39, 0.29) is 5.75 Å². The molecule has 0 aromatic heterocycles. The van der Waals surface area contributed by atoms with Crippen LogP contribution in [0.3, 0.4) is 0 Å². The third kappa shape index (κ3) is 5.57. The van der Waals surface area contributed by atoms with Gasteiger partial charge in [-0.25, -0.2) is 0 Å². The van der Waals surface area contributed by atoms with Crippen LogP contribution in [0.5, 0.6) is 5.75 Å². The van der Waals surface area contributed by atoms with Crippen LogP contribution in [0.2, 0.25) is 0 Å². The van der Waals surface area contributed by atoms with Gasteiger partial charge in [0.1, 0.15) is 5.75 Å². The van der Waals surface area contributed by atoms with E-state index in [0.29, 0.717) is 25.3 Å². The quantitative estimate of drug-likeness (QED) is 0.726. The molecule has 124 valence electrons. The molecule has 6 heteroatoms. The van der Waals surface area contributed by atoms with Crippen LogP contribution in [0.25, 0.3) is 0 Å². The second-order valence-electron chi connectivity index (χ2n) is 4.94. The van der Waals surface area contributed by atoms with Gasteiger partial charge in [-0.05, 0) is 29.3 Å². The van der Waals surface area contributed by atoms with E-state index in [1.807, 2.05) is 24.3 Å². The van der Waals surface area contributed by atoms with Gasteiger partial charge in [-0.15, -0.1) is 0 Å². The van der Waals surface area contributed by atoms with Crippen LogP contribution in [-0.2, 0) is 24.4 Å². The number of alkyl halides is 2. The van der Waals surface area contributed by atoms with Gasteiger partial charge in [0.2, 0.25) is 0 Å². The van der Waals surface area contributed by atoms with E-state index < -0.39 is 6.61 Å². The molecule has 23 heavy (non-hydrogen) atoms. The highest BCUT2D eigenvalue weighted by molar-refractivity contribution is 9.10. The summed E-state index contributed by atoms with van der Waals surface area (Å²) in [6, 6.07) is 12.9. The smallest absolute Gasteiger partial charge is 0.387 e. The maximum atomic E-state index is 12.5. The third-order valence-electron chi connectivity index (χ3n) is 3.29. The summed E-state index contributed by atoms with van der Waals surface area (Å²) in [4.78, 5) is 0. The van der Waals surface area contributed by atoms with Crippen molar-refractivity contribution in [1.29, 1.82) is 0 Å². The zero-order valence-electron chi connectivity index (χ0n) is 12.7. The van der Waals surface area contributed by atoms with Gasteiger partial charge >= 0.3 is 6.61 Å². The minimum absolute atomic E-state index is 0.181. The summed E-state index contributed by atoms with van der Waals surface area (Å²) in [5.74, 6) is 0.181. The topological polar surface area (TPSA) is 30.5 Å². The molecule has 2 rings (SSSR count). The Hall–Kier alpha value is -1.50. The van der Waals surface area contributed by atoms with Crippen molar-refractivity contribution in [3.8, 4) is 5.75 Å². The molecule has 0 atom stereocenters. The molecule has 2 aromatic rings. The number of hydrogen-bond acceptors (Lipinski definition) is 3. The summed E-state index contributed by atoms with van der Waals surface area (Å²) in [7, 11) is 1.65. The Balaban J connectivity index is 2.02. The Morgan fingerprint density at radius 3 is 2.43 bits per heavy atom. The molecule has 0 aliphatic heterocycles. The molecule has 0 amide bonds. The maximum Gasteiger partial charge on any atom is 0.387 e. The Bertz CT molecular complexity index is 638. The lowest BCUT2D eigenvalue weighted by molar-refractivity contribution is -0.0505. The lowest BCUT2D eigenvalue weighted by Gasteiger charge is -2.13. The van der Waals surface area contributed by atoms with Crippen LogP contribution >= 0.6 is 15.9 Å². The second kappa shape index (κ2) is 8.96. The molecule has 2 aromatic carbocycles. The van der Waals surface area contributed by atoms with Crippen molar-refractivity contribution in [3.63, 3.8) is 0 Å². The number of methoxy groups -OCH3 is 1. The Kier molecular flexibility index (Phi) is 6.95. The summed E-state index contributed by atoms with van der Waals surface area (Å²) in [5.41, 5.74) is 2.88. The fourth-order valence-corrected chi connectivity index (χ4v) is 2.66. The molecule has 0 saturated heterocycles. The number of rotatable bonds is 8. The first-order chi connectivity index (χ1) is 11.1. The minimum Gasteiger partial charge on any atom is -0.434 e. The van der Waals surface area contributed by atoms with Crippen molar-refractivity contribution < 1.29 is 18.3 Å². The maximum absolute atomic E-state index is 12.5. The van der Waals surface area contributed by atoms with E-state index >= 15 is 0 Å². The van der Waals surface area contributed by atoms with Crippen molar-refractivity contribution in [3.05, 3.63) is 63.6 Å². The molecule has 1 N–H and O–H groups in total. The lowest BCUT2D eigenvalue weighted by atomic mass is 10.1. The first-order valence-electron chi connectivity index (χ1n) is 7.10. The fraction of sp³-hybridized carbons (Fsp3) is 0.294. The van der Waals surface area contributed by atoms with Crippen molar-refractivity contribution >= 4 is 15.9 Å². The van der Waals surface area contributed by atoms with Crippen LogP contribution in [0.15, 0.2) is 46.9 Å². The zero-order valence-corrected chi connectivity index (χ0v) is 14.3. The summed E-state index contributed by atoms with van der Waals surface area (Å²) < 4.78 is 35.5. The van der Waals surface area contributed by atoms with Crippen LogP contribution in [0.4, 0.5) is 8.78 Å². The molecule has 0 unspecified atom stereocenters. The molecule has 3 nitrogen and oxygen atoms in total. The highest BCUT2D eigenvalue weighted by Crippen LogP contribution is 2.25. The van der Waals surface area contributed by atoms with E-state index in [9.17, 15) is 8.78 Å². The van der Waals surface area contributed by atoms with E-state index in [1.165, 1.54) is 6.07 Å². The van der Waals surface area contributed by atoms with Crippen molar-refractivity contribution in [2.75, 3.05) is 7.11 Å². The number of hydrogen-bond donors (Lipinski definition) is 1. The lowest BCUT2D eigenvalue weighted by Crippen LogP contribution is -2.15. The molecular weight excluding hydrogens is 368 g/mol. The Morgan fingerprint density at radius 1 is 1.04 bits per heavy atom. The van der Waals surface area contributed by atoms with Gasteiger partial charge in [-0.2, -0.15) is 8.78 Å². The Labute approximate surface area is 142 Å². The van der Waals surface area contributed by atoms with Gasteiger partial charge in [0, 0.05) is 30.2 Å². The molecule has 0 spiro atoms. The normalized spacial score (nSPS) is 11.0. The fourth-order valence-electron chi connectivity index (χ4n) is 2.26. The van der Waals surface area contributed by atoms with E-state index in [1.54, 1.807) is 19.2 Å². The van der Waals surface area contributed by atoms with Gasteiger partial charge < -0.3 is 14.8 Å². The van der Waals surface area contributed by atoms with Crippen LogP contribution in [0, 0.1) is 0 Å². The average molecular weight is 386 g/mol. The number of halogens is 3. The molecule has 0 aliphatic carbocycles. The summed E-state index contributed by atoms with van der Waals surface area (Å²) in [6.07, 6.45) is 0. The predicted octanol–water partition coefficient (Wildman–Crippen LogP) is 4.49. The monoisotopic (exact) mass is 385 g/mol. The van der Waals surface area contributed by atoms with Gasteiger partial charge in [-0.1, -0.05) is 40.2 Å². The van der Waals surface area contributed by atoms with Crippen molar-refractivity contribution in [2.24, 2.45) is 0 Å². The molecule has 0 aliphatic rings. The number of benzene rings is 2. The SMILES string of the molecule is COCc1ccccc1CNCc1cc(Br)ccc1OC(F)F. The van der Waals surface area contributed by atoms with Gasteiger partial charge in [0.25, 0.3) is 0 Å². The van der Waals surface area contributed by atoms with Crippen LogP contribution in [0.1, 0.15) is 16.7 Å². The van der Waals surface area contributed by atoms with Crippen molar-refractivity contribution in [2.45, 2.75) is 26.3 Å². The molecule has 0 fully saturated rings. The first kappa shape index (κ1) is 17.8. The summed E-state index contributed by atoms with van der Waals surface area (Å²) in [6.45, 7) is -1.27. The summed E-state index contributed by atoms with van der Waals surface area (Å²) >= 11 is 3.34. The summed E-state index contributed by atoms with van der Waals surface area (Å²) in [5, 5.41) is 3.26. The van der Waals surface area contributed by atoms with Gasteiger partial charge in [0.05, 0.1) is 6.61 Å². The number of nitrogens with one attached hydrogen (secondary N) is 1. The minimum atomic E-state index is -2.84. The largest absolute Gasteiger partial charge is 0.434 e. The number of ether oxygens (including phenoxy) is 2. The highest BCUT2D eigenvalue weighted by atomic mass is 79.9. The molecular formula is C17H18BrF2NO2. The first-order valence-corrected chi connectivity index (χ1v) is 7.89. The molecule has 0 bridgehead atoms. The molecule has 0 radical (unpaired) electrons. The van der Waals surface area contributed by atoms with E-state index in [0.717, 1.165) is 15.6 Å². The predicted molar refractivity (Wildman–Crippen MR) is 88.5 cm³/mol. The van der Waals surface area contributed by atoms with Gasteiger partial charge in [-0.3, -0.25) is 0 Å². The molecule has 0 saturated carbocycles.